The highest BCUT2D eigenvalue weighted by molar-refractivity contribution is 7.94. The summed E-state index contributed by atoms with van der Waals surface area (Å²) < 4.78 is 32.8. The molecule has 1 aliphatic carbocycles. The lowest BCUT2D eigenvalue weighted by atomic mass is 10.1. The van der Waals surface area contributed by atoms with Crippen LogP contribution in [0.3, 0.4) is 0 Å². The van der Waals surface area contributed by atoms with Crippen LogP contribution in [0.4, 0.5) is 0 Å². The number of hydrogen-bond acceptors (Lipinski definition) is 7. The van der Waals surface area contributed by atoms with Gasteiger partial charge in [0.1, 0.15) is 5.69 Å². The van der Waals surface area contributed by atoms with Crippen molar-refractivity contribution >= 4 is 33.3 Å². The summed E-state index contributed by atoms with van der Waals surface area (Å²) in [6.07, 6.45) is 2.35. The molecule has 0 bridgehead atoms. The first-order chi connectivity index (χ1) is 17.7. The topological polar surface area (TPSA) is 137 Å². The predicted molar refractivity (Wildman–Crippen MR) is 145 cm³/mol. The summed E-state index contributed by atoms with van der Waals surface area (Å²) >= 11 is 5.91. The van der Waals surface area contributed by atoms with Crippen LogP contribution in [-0.2, 0) is 27.7 Å². The van der Waals surface area contributed by atoms with Crippen molar-refractivity contribution in [2.75, 3.05) is 26.2 Å². The molecule has 1 fully saturated rings. The number of sulfone groups is 1. The predicted octanol–water partition coefficient (Wildman–Crippen LogP) is 2.40. The number of nitrogens with zero attached hydrogens (tertiary/aromatic N) is 3. The van der Waals surface area contributed by atoms with Crippen molar-refractivity contribution in [1.82, 2.24) is 19.8 Å². The van der Waals surface area contributed by atoms with Crippen LogP contribution in [0.25, 0.3) is 0 Å². The molecule has 1 aromatic heterocycles. The fourth-order valence-corrected chi connectivity index (χ4v) is 7.02. The van der Waals surface area contributed by atoms with Gasteiger partial charge in [0.15, 0.2) is 15.7 Å². The molecule has 1 saturated carbocycles. The largest absolute Gasteiger partial charge is 0.373 e. The van der Waals surface area contributed by atoms with Gasteiger partial charge < -0.3 is 25.3 Å². The molecule has 2 aromatic rings. The highest BCUT2D eigenvalue weighted by Crippen LogP contribution is 2.49. The van der Waals surface area contributed by atoms with Crippen LogP contribution < -0.4 is 11.1 Å². The van der Waals surface area contributed by atoms with Crippen LogP contribution in [-0.4, -0.2) is 76.0 Å². The number of imidazole rings is 1. The van der Waals surface area contributed by atoms with Gasteiger partial charge in [0, 0.05) is 37.7 Å². The molecule has 1 aromatic carbocycles. The van der Waals surface area contributed by atoms with E-state index in [0.29, 0.717) is 31.0 Å². The maximum absolute atomic E-state index is 13.7. The average molecular weight is 566 g/mol. The number of hydrogen-bond donors (Lipinski definition) is 2. The second kappa shape index (κ2) is 10.3. The van der Waals surface area contributed by atoms with Gasteiger partial charge in [-0.15, -0.1) is 0 Å². The summed E-state index contributed by atoms with van der Waals surface area (Å²) in [4.78, 5) is 31.9. The van der Waals surface area contributed by atoms with Gasteiger partial charge in [0.25, 0.3) is 11.8 Å². The summed E-state index contributed by atoms with van der Waals surface area (Å²) in [6, 6.07) is 7.13. The van der Waals surface area contributed by atoms with Crippen LogP contribution >= 0.6 is 11.6 Å². The normalized spacial score (nSPS) is 17.3. The lowest BCUT2D eigenvalue weighted by molar-refractivity contribution is -0.0194. The van der Waals surface area contributed by atoms with Gasteiger partial charge in [-0.1, -0.05) is 23.7 Å². The SMILES string of the molecule is CC(C)(CN)OCC(C)(C)S(=O)(=O)C1(CN2CCn3c(cnc3C(=O)NCc3ccc(Cl)cc3)C2=O)CC1. The molecular weight excluding hydrogens is 530 g/mol. The Morgan fingerprint density at radius 3 is 2.45 bits per heavy atom. The van der Waals surface area contributed by atoms with Crippen molar-refractivity contribution in [2.45, 2.75) is 68.7 Å². The van der Waals surface area contributed by atoms with Crippen LogP contribution in [0.5, 0.6) is 0 Å². The van der Waals surface area contributed by atoms with E-state index in [1.54, 1.807) is 35.4 Å². The highest BCUT2D eigenvalue weighted by Gasteiger charge is 2.61. The number of carbonyl (C=O) groups is 2. The van der Waals surface area contributed by atoms with Gasteiger partial charge in [-0.2, -0.15) is 0 Å². The monoisotopic (exact) mass is 565 g/mol. The summed E-state index contributed by atoms with van der Waals surface area (Å²) in [5.74, 6) is -0.576. The Hall–Kier alpha value is -2.47. The zero-order valence-corrected chi connectivity index (χ0v) is 23.9. The molecular formula is C26H36ClN5O5S. The third kappa shape index (κ3) is 5.47. The average Bonchev–Trinajstić information content (AvgIpc) is 3.54. The van der Waals surface area contributed by atoms with E-state index in [2.05, 4.69) is 10.3 Å². The zero-order chi connectivity index (χ0) is 27.9. The second-order valence-electron chi connectivity index (χ2n) is 11.4. The summed E-state index contributed by atoms with van der Waals surface area (Å²) in [6.45, 7) is 8.28. The molecule has 12 heteroatoms. The van der Waals surface area contributed by atoms with Crippen molar-refractivity contribution in [3.63, 3.8) is 0 Å². The van der Waals surface area contributed by atoms with Crippen LogP contribution in [0.15, 0.2) is 30.5 Å². The van der Waals surface area contributed by atoms with Crippen molar-refractivity contribution in [3.8, 4) is 0 Å². The first kappa shape index (κ1) is 28.5. The minimum absolute atomic E-state index is 0.0104. The van der Waals surface area contributed by atoms with Gasteiger partial charge in [0.2, 0.25) is 0 Å². The van der Waals surface area contributed by atoms with E-state index < -0.39 is 30.8 Å². The Kier molecular flexibility index (Phi) is 7.70. The van der Waals surface area contributed by atoms with E-state index in [9.17, 15) is 18.0 Å². The van der Waals surface area contributed by atoms with E-state index in [-0.39, 0.29) is 43.7 Å². The number of amides is 2. The van der Waals surface area contributed by atoms with Crippen LogP contribution in [0.2, 0.25) is 5.02 Å². The smallest absolute Gasteiger partial charge is 0.287 e. The Morgan fingerprint density at radius 2 is 1.84 bits per heavy atom. The number of nitrogens with one attached hydrogen (secondary N) is 1. The zero-order valence-electron chi connectivity index (χ0n) is 22.3. The Morgan fingerprint density at radius 1 is 1.18 bits per heavy atom. The number of rotatable bonds is 11. The fourth-order valence-electron chi connectivity index (χ4n) is 4.54. The number of ether oxygens (including phenoxy) is 1. The third-order valence-corrected chi connectivity index (χ3v) is 10.9. The van der Waals surface area contributed by atoms with Crippen molar-refractivity contribution < 1.29 is 22.7 Å². The number of halogens is 1. The third-order valence-electron chi connectivity index (χ3n) is 7.41. The highest BCUT2D eigenvalue weighted by atomic mass is 35.5. The Balaban J connectivity index is 1.43. The van der Waals surface area contributed by atoms with Crippen LogP contribution in [0, 0.1) is 0 Å². The number of fused-ring (bicyclic) bond motifs is 1. The lowest BCUT2D eigenvalue weighted by Gasteiger charge is -2.36. The molecule has 2 amide bonds. The number of nitrogens with two attached hydrogens (primary N) is 1. The summed E-state index contributed by atoms with van der Waals surface area (Å²) in [5.41, 5.74) is 6.25. The van der Waals surface area contributed by atoms with Gasteiger partial charge in [0.05, 0.1) is 27.9 Å². The molecule has 0 saturated heterocycles. The quantitative estimate of drug-likeness (QED) is 0.427. The molecule has 38 heavy (non-hydrogen) atoms. The van der Waals surface area contributed by atoms with Gasteiger partial charge in [-0.3, -0.25) is 9.59 Å². The number of aromatic nitrogens is 2. The van der Waals surface area contributed by atoms with Crippen molar-refractivity contribution in [1.29, 1.82) is 0 Å². The Bertz CT molecular complexity index is 1320. The first-order valence-electron chi connectivity index (χ1n) is 12.7. The molecule has 208 valence electrons. The van der Waals surface area contributed by atoms with Crippen LogP contribution in [0.1, 0.15) is 67.2 Å². The van der Waals surface area contributed by atoms with Gasteiger partial charge >= 0.3 is 0 Å². The number of benzene rings is 1. The number of carbonyl (C=O) groups excluding carboxylic acids is 2. The summed E-state index contributed by atoms with van der Waals surface area (Å²) in [5, 5.41) is 3.43. The maximum Gasteiger partial charge on any atom is 0.287 e. The minimum atomic E-state index is -3.66. The molecule has 2 aliphatic rings. The molecule has 2 heterocycles. The molecule has 0 spiro atoms. The van der Waals surface area contributed by atoms with Gasteiger partial charge in [-0.25, -0.2) is 13.4 Å². The molecule has 0 atom stereocenters. The fraction of sp³-hybridized carbons (Fsp3) is 0.577. The van der Waals surface area contributed by atoms with E-state index >= 15 is 0 Å². The van der Waals surface area contributed by atoms with Crippen molar-refractivity contribution in [2.24, 2.45) is 5.73 Å². The standard InChI is InChI=1S/C26H36ClN5O5S/c1-24(2,15-28)37-17-25(3,4)38(35,36)26(9-10-26)16-31-11-12-32-20(23(31)34)14-29-21(32)22(33)30-13-18-5-7-19(27)8-6-18/h5-8,14H,9-13,15-17,28H2,1-4H3,(H,30,33). The molecule has 0 radical (unpaired) electrons. The molecule has 3 N–H and O–H groups in total. The van der Waals surface area contributed by atoms with Gasteiger partial charge in [-0.05, 0) is 58.2 Å². The molecule has 4 rings (SSSR count). The second-order valence-corrected chi connectivity index (χ2v) is 14.8. The lowest BCUT2D eigenvalue weighted by Crippen LogP contribution is -2.53. The van der Waals surface area contributed by atoms with E-state index in [1.807, 2.05) is 26.0 Å². The molecule has 10 nitrogen and oxygen atoms in total. The Labute approximate surface area is 228 Å². The van der Waals surface area contributed by atoms with E-state index in [1.165, 1.54) is 6.20 Å². The summed E-state index contributed by atoms with van der Waals surface area (Å²) in [7, 11) is -3.66. The van der Waals surface area contributed by atoms with Crippen molar-refractivity contribution in [3.05, 3.63) is 52.6 Å². The van der Waals surface area contributed by atoms with E-state index in [0.717, 1.165) is 5.56 Å². The molecule has 0 unspecified atom stereocenters. The van der Waals surface area contributed by atoms with E-state index in [4.69, 9.17) is 22.1 Å². The first-order valence-corrected chi connectivity index (χ1v) is 14.5. The maximum atomic E-state index is 13.7. The minimum Gasteiger partial charge on any atom is -0.373 e. The molecule has 1 aliphatic heterocycles.